The van der Waals surface area contributed by atoms with Crippen molar-refractivity contribution in [2.75, 3.05) is 44.2 Å². The van der Waals surface area contributed by atoms with Gasteiger partial charge in [0, 0.05) is 55.4 Å². The van der Waals surface area contributed by atoms with Crippen molar-refractivity contribution in [1.82, 2.24) is 9.63 Å². The molecule has 4 nitrogen and oxygen atoms in total. The number of piperazine rings is 1. The monoisotopic (exact) mass is 399 g/mol. The molecule has 1 aromatic heterocycles. The molecular weight excluding hydrogens is 370 g/mol. The molecule has 0 saturated carbocycles. The number of fused-ring (bicyclic) bond motifs is 2. The fraction of sp³-hybridized carbons (Fsp3) is 0.308. The van der Waals surface area contributed by atoms with Gasteiger partial charge in [-0.25, -0.2) is 0 Å². The van der Waals surface area contributed by atoms with E-state index in [2.05, 4.69) is 76.5 Å². The molecule has 0 bridgehead atoms. The lowest BCUT2D eigenvalue weighted by atomic mass is 10.1. The standard InChI is InChI=1S/C26H29N3O/c1-2-30-29-15-13-23-20-21(10-11-25(23)29)12-14-27-16-18-28(19-17-27)26-9-5-7-22-6-3-4-8-24(22)26/h3-11,13,15,20H,2,12,14,16-19H2,1H3. The first-order valence-corrected chi connectivity index (χ1v) is 11.0. The summed E-state index contributed by atoms with van der Waals surface area (Å²) in [4.78, 5) is 10.8. The average molecular weight is 400 g/mol. The highest BCUT2D eigenvalue weighted by molar-refractivity contribution is 5.94. The third kappa shape index (κ3) is 3.75. The minimum Gasteiger partial charge on any atom is -0.414 e. The summed E-state index contributed by atoms with van der Waals surface area (Å²) in [6.45, 7) is 8.21. The maximum atomic E-state index is 5.63. The number of nitrogens with zero attached hydrogens (tertiary/aromatic N) is 3. The molecule has 30 heavy (non-hydrogen) atoms. The first kappa shape index (κ1) is 19.0. The Labute approximate surface area is 178 Å². The van der Waals surface area contributed by atoms with Crippen molar-refractivity contribution in [3.05, 3.63) is 78.5 Å². The number of benzene rings is 3. The van der Waals surface area contributed by atoms with Crippen LogP contribution in [-0.4, -0.2) is 49.0 Å². The summed E-state index contributed by atoms with van der Waals surface area (Å²) in [5, 5.41) is 3.94. The zero-order valence-electron chi connectivity index (χ0n) is 17.6. The van der Waals surface area contributed by atoms with Crippen LogP contribution in [0, 0.1) is 0 Å². The molecule has 0 spiro atoms. The van der Waals surface area contributed by atoms with E-state index in [4.69, 9.17) is 4.84 Å². The lowest BCUT2D eigenvalue weighted by molar-refractivity contribution is 0.132. The van der Waals surface area contributed by atoms with Crippen molar-refractivity contribution in [2.45, 2.75) is 13.3 Å². The SMILES string of the molecule is CCOn1ccc2cc(CCN3CCN(c4cccc5ccccc45)CC3)ccc21. The molecule has 0 radical (unpaired) electrons. The zero-order chi connectivity index (χ0) is 20.3. The van der Waals surface area contributed by atoms with Crippen LogP contribution in [0.4, 0.5) is 5.69 Å². The molecule has 1 fully saturated rings. The summed E-state index contributed by atoms with van der Waals surface area (Å²) in [6, 6.07) is 24.2. The van der Waals surface area contributed by atoms with Crippen LogP contribution in [0.5, 0.6) is 0 Å². The van der Waals surface area contributed by atoms with Crippen LogP contribution < -0.4 is 9.74 Å². The molecule has 1 aliphatic heterocycles. The van der Waals surface area contributed by atoms with Crippen molar-refractivity contribution in [3.8, 4) is 0 Å². The fourth-order valence-corrected chi connectivity index (χ4v) is 4.56. The van der Waals surface area contributed by atoms with Gasteiger partial charge in [0.15, 0.2) is 0 Å². The Morgan fingerprint density at radius 2 is 1.67 bits per heavy atom. The summed E-state index contributed by atoms with van der Waals surface area (Å²) >= 11 is 0. The highest BCUT2D eigenvalue weighted by Gasteiger charge is 2.18. The van der Waals surface area contributed by atoms with Crippen LogP contribution >= 0.6 is 0 Å². The molecule has 2 heterocycles. The van der Waals surface area contributed by atoms with Gasteiger partial charge in [0.05, 0.1) is 5.52 Å². The second kappa shape index (κ2) is 8.41. The molecule has 3 aromatic carbocycles. The Bertz CT molecular complexity index is 1140. The topological polar surface area (TPSA) is 20.6 Å². The Kier molecular flexibility index (Phi) is 5.33. The second-order valence-electron chi connectivity index (χ2n) is 8.03. The largest absolute Gasteiger partial charge is 0.414 e. The van der Waals surface area contributed by atoms with Gasteiger partial charge >= 0.3 is 0 Å². The maximum Gasteiger partial charge on any atom is 0.112 e. The lowest BCUT2D eigenvalue weighted by Crippen LogP contribution is -2.47. The average Bonchev–Trinajstić information content (AvgIpc) is 3.20. The summed E-state index contributed by atoms with van der Waals surface area (Å²) in [7, 11) is 0. The van der Waals surface area contributed by atoms with E-state index in [1.165, 1.54) is 27.4 Å². The van der Waals surface area contributed by atoms with Gasteiger partial charge in [-0.3, -0.25) is 4.90 Å². The first-order valence-electron chi connectivity index (χ1n) is 11.0. The van der Waals surface area contributed by atoms with Gasteiger partial charge < -0.3 is 9.74 Å². The van der Waals surface area contributed by atoms with Crippen molar-refractivity contribution in [1.29, 1.82) is 0 Å². The minimum atomic E-state index is 0.677. The van der Waals surface area contributed by atoms with Crippen molar-refractivity contribution in [2.24, 2.45) is 0 Å². The summed E-state index contributed by atoms with van der Waals surface area (Å²) in [5.41, 5.74) is 3.91. The van der Waals surface area contributed by atoms with Gasteiger partial charge in [-0.15, -0.1) is 0 Å². The number of rotatable bonds is 6. The van der Waals surface area contributed by atoms with Crippen LogP contribution in [0.25, 0.3) is 21.7 Å². The first-order chi connectivity index (χ1) is 14.8. The Balaban J connectivity index is 1.20. The van der Waals surface area contributed by atoms with Crippen molar-refractivity contribution < 1.29 is 4.84 Å². The second-order valence-corrected chi connectivity index (χ2v) is 8.03. The van der Waals surface area contributed by atoms with Crippen LogP contribution in [0.15, 0.2) is 72.9 Å². The highest BCUT2D eigenvalue weighted by Crippen LogP contribution is 2.27. The van der Waals surface area contributed by atoms with Gasteiger partial charge in [-0.1, -0.05) is 42.5 Å². The maximum absolute atomic E-state index is 5.63. The third-order valence-electron chi connectivity index (χ3n) is 6.18. The summed E-state index contributed by atoms with van der Waals surface area (Å²) < 4.78 is 1.87. The Morgan fingerprint density at radius 3 is 2.53 bits per heavy atom. The molecule has 1 aliphatic rings. The van der Waals surface area contributed by atoms with E-state index in [9.17, 15) is 0 Å². The van der Waals surface area contributed by atoms with E-state index in [1.807, 2.05) is 17.9 Å². The van der Waals surface area contributed by atoms with E-state index in [0.29, 0.717) is 6.61 Å². The Morgan fingerprint density at radius 1 is 0.833 bits per heavy atom. The molecule has 5 rings (SSSR count). The van der Waals surface area contributed by atoms with E-state index >= 15 is 0 Å². The van der Waals surface area contributed by atoms with Gasteiger partial charge in [0.2, 0.25) is 0 Å². The molecule has 0 aliphatic carbocycles. The lowest BCUT2D eigenvalue weighted by Gasteiger charge is -2.36. The van der Waals surface area contributed by atoms with Crippen LogP contribution in [0.3, 0.4) is 0 Å². The zero-order valence-corrected chi connectivity index (χ0v) is 17.6. The smallest absolute Gasteiger partial charge is 0.112 e. The summed E-state index contributed by atoms with van der Waals surface area (Å²) in [6.07, 6.45) is 3.09. The van der Waals surface area contributed by atoms with E-state index in [1.54, 1.807) is 0 Å². The highest BCUT2D eigenvalue weighted by atomic mass is 16.7. The van der Waals surface area contributed by atoms with Gasteiger partial charge in [0.25, 0.3) is 0 Å². The van der Waals surface area contributed by atoms with Crippen LogP contribution in [-0.2, 0) is 6.42 Å². The molecule has 0 N–H and O–H groups in total. The third-order valence-corrected chi connectivity index (χ3v) is 6.18. The van der Waals surface area contributed by atoms with E-state index in [-0.39, 0.29) is 0 Å². The minimum absolute atomic E-state index is 0.677. The van der Waals surface area contributed by atoms with Crippen LogP contribution in [0.2, 0.25) is 0 Å². The molecular formula is C26H29N3O. The molecule has 0 unspecified atom stereocenters. The number of anilines is 1. The van der Waals surface area contributed by atoms with Crippen LogP contribution in [0.1, 0.15) is 12.5 Å². The quantitative estimate of drug-likeness (QED) is 0.472. The molecule has 0 atom stereocenters. The number of hydrogen-bond donors (Lipinski definition) is 0. The van der Waals surface area contributed by atoms with Crippen molar-refractivity contribution >= 4 is 27.4 Å². The number of aromatic nitrogens is 1. The van der Waals surface area contributed by atoms with Gasteiger partial charge in [-0.05, 0) is 48.6 Å². The summed E-state index contributed by atoms with van der Waals surface area (Å²) in [5.74, 6) is 0. The Hall–Kier alpha value is -2.98. The molecule has 1 saturated heterocycles. The van der Waals surface area contributed by atoms with E-state index in [0.717, 1.165) is 44.7 Å². The predicted octanol–water partition coefficient (Wildman–Crippen LogP) is 4.61. The van der Waals surface area contributed by atoms with E-state index < -0.39 is 0 Å². The normalized spacial score (nSPS) is 15.2. The fourth-order valence-electron chi connectivity index (χ4n) is 4.56. The molecule has 154 valence electrons. The molecule has 0 amide bonds. The van der Waals surface area contributed by atoms with Gasteiger partial charge in [-0.2, -0.15) is 4.73 Å². The predicted molar refractivity (Wildman–Crippen MR) is 125 cm³/mol. The molecule has 4 heteroatoms. The van der Waals surface area contributed by atoms with Crippen molar-refractivity contribution in [3.63, 3.8) is 0 Å². The van der Waals surface area contributed by atoms with Gasteiger partial charge in [0.1, 0.15) is 6.61 Å². The number of hydrogen-bond acceptors (Lipinski definition) is 3. The molecule has 4 aromatic rings.